The largest absolute Gasteiger partial charge is 0.508 e. The van der Waals surface area contributed by atoms with Crippen LogP contribution in [0.5, 0.6) is 11.5 Å². The standard InChI is InChI=1S/C27H36N4O7S/c1-3-15(2)23(27(37)38)31-25(35)21(13-17-6-10-19(33)11-7-17)29-26(36)22(14-39)30-24(34)20(28)12-16-4-8-18(32)9-5-16/h4-11,15,20-23,32-33,39H,3,12-14,28H2,1-2H3,(H,29,36)(H,30,34)(H,31,35)(H,37,38). The summed E-state index contributed by atoms with van der Waals surface area (Å²) in [5.41, 5.74) is 7.32. The molecule has 8 N–H and O–H groups in total. The van der Waals surface area contributed by atoms with Gasteiger partial charge in [0.05, 0.1) is 6.04 Å². The van der Waals surface area contributed by atoms with Gasteiger partial charge in [-0.05, 0) is 47.7 Å². The normalized spacial score (nSPS) is 14.8. The Morgan fingerprint density at radius 1 is 0.795 bits per heavy atom. The summed E-state index contributed by atoms with van der Waals surface area (Å²) in [5, 5.41) is 36.2. The zero-order chi connectivity index (χ0) is 29.1. The molecule has 0 saturated heterocycles. The number of hydrogen-bond acceptors (Lipinski definition) is 8. The van der Waals surface area contributed by atoms with Crippen LogP contribution >= 0.6 is 12.6 Å². The molecular formula is C27H36N4O7S. The highest BCUT2D eigenvalue weighted by atomic mass is 32.1. The van der Waals surface area contributed by atoms with Gasteiger partial charge in [-0.2, -0.15) is 12.6 Å². The minimum Gasteiger partial charge on any atom is -0.508 e. The minimum absolute atomic E-state index is 0.00168. The number of benzene rings is 2. The molecule has 0 bridgehead atoms. The minimum atomic E-state index is -1.20. The van der Waals surface area contributed by atoms with Gasteiger partial charge in [0.2, 0.25) is 17.7 Å². The highest BCUT2D eigenvalue weighted by Gasteiger charge is 2.31. The maximum absolute atomic E-state index is 13.2. The van der Waals surface area contributed by atoms with Crippen molar-refractivity contribution in [1.29, 1.82) is 0 Å². The van der Waals surface area contributed by atoms with Gasteiger partial charge in [0.25, 0.3) is 0 Å². The number of amides is 3. The Hall–Kier alpha value is -3.77. The highest BCUT2D eigenvalue weighted by Crippen LogP contribution is 2.14. The fourth-order valence-corrected chi connectivity index (χ4v) is 3.99. The molecule has 5 unspecified atom stereocenters. The van der Waals surface area contributed by atoms with Crippen molar-refractivity contribution in [2.75, 3.05) is 5.75 Å². The smallest absolute Gasteiger partial charge is 0.326 e. The zero-order valence-electron chi connectivity index (χ0n) is 21.8. The van der Waals surface area contributed by atoms with Crippen molar-refractivity contribution in [3.63, 3.8) is 0 Å². The van der Waals surface area contributed by atoms with Gasteiger partial charge in [0, 0.05) is 12.2 Å². The van der Waals surface area contributed by atoms with E-state index in [0.29, 0.717) is 17.5 Å². The Kier molecular flexibility index (Phi) is 12.1. The molecule has 12 heteroatoms. The first-order chi connectivity index (χ1) is 18.4. The van der Waals surface area contributed by atoms with Gasteiger partial charge in [-0.15, -0.1) is 0 Å². The van der Waals surface area contributed by atoms with Crippen molar-refractivity contribution < 1.29 is 34.5 Å². The van der Waals surface area contributed by atoms with E-state index in [1.165, 1.54) is 24.3 Å². The molecule has 39 heavy (non-hydrogen) atoms. The SMILES string of the molecule is CCC(C)C(NC(=O)C(Cc1ccc(O)cc1)NC(=O)C(CS)NC(=O)C(N)Cc1ccc(O)cc1)C(=O)O. The molecule has 2 rings (SSSR count). The molecule has 0 fully saturated rings. The van der Waals surface area contributed by atoms with Gasteiger partial charge in [-0.3, -0.25) is 14.4 Å². The van der Waals surface area contributed by atoms with E-state index in [2.05, 4.69) is 28.6 Å². The molecule has 0 radical (unpaired) electrons. The average Bonchev–Trinajstić information content (AvgIpc) is 2.91. The van der Waals surface area contributed by atoms with Gasteiger partial charge >= 0.3 is 5.97 Å². The van der Waals surface area contributed by atoms with Crippen LogP contribution < -0.4 is 21.7 Å². The molecule has 0 aliphatic heterocycles. The van der Waals surface area contributed by atoms with Crippen molar-refractivity contribution in [1.82, 2.24) is 16.0 Å². The molecule has 212 valence electrons. The molecule has 11 nitrogen and oxygen atoms in total. The lowest BCUT2D eigenvalue weighted by Crippen LogP contribution is -2.58. The molecule has 2 aromatic carbocycles. The van der Waals surface area contributed by atoms with Crippen LogP contribution in [0.4, 0.5) is 0 Å². The number of hydrogen-bond donors (Lipinski definition) is 8. The predicted molar refractivity (Wildman–Crippen MR) is 148 cm³/mol. The third kappa shape index (κ3) is 9.80. The van der Waals surface area contributed by atoms with Gasteiger partial charge in [-0.25, -0.2) is 4.79 Å². The molecule has 2 aromatic rings. The molecule has 5 atom stereocenters. The number of nitrogens with one attached hydrogen (secondary N) is 3. The lowest BCUT2D eigenvalue weighted by molar-refractivity contribution is -0.143. The van der Waals surface area contributed by atoms with Crippen LogP contribution in [-0.4, -0.2) is 68.9 Å². The number of nitrogens with two attached hydrogens (primary N) is 1. The Bertz CT molecular complexity index is 1130. The van der Waals surface area contributed by atoms with Gasteiger partial charge in [0.15, 0.2) is 0 Å². The van der Waals surface area contributed by atoms with Crippen molar-refractivity contribution >= 4 is 36.3 Å². The molecule has 0 aromatic heterocycles. The molecule has 0 aliphatic carbocycles. The van der Waals surface area contributed by atoms with Gasteiger partial charge in [-0.1, -0.05) is 44.5 Å². The Morgan fingerprint density at radius 2 is 1.26 bits per heavy atom. The highest BCUT2D eigenvalue weighted by molar-refractivity contribution is 7.80. The first kappa shape index (κ1) is 31.4. The Morgan fingerprint density at radius 3 is 1.72 bits per heavy atom. The van der Waals surface area contributed by atoms with E-state index in [4.69, 9.17) is 5.73 Å². The van der Waals surface area contributed by atoms with E-state index in [0.717, 1.165) is 0 Å². The van der Waals surface area contributed by atoms with Crippen molar-refractivity contribution in [3.05, 3.63) is 59.7 Å². The monoisotopic (exact) mass is 560 g/mol. The van der Waals surface area contributed by atoms with E-state index < -0.39 is 47.9 Å². The number of carboxylic acid groups (broad SMARTS) is 1. The van der Waals surface area contributed by atoms with Gasteiger partial charge in [0.1, 0.15) is 29.6 Å². The number of aliphatic carboxylic acids is 1. The van der Waals surface area contributed by atoms with Crippen LogP contribution in [0.15, 0.2) is 48.5 Å². The molecule has 0 spiro atoms. The second kappa shape index (κ2) is 15.0. The molecule has 0 aliphatic rings. The zero-order valence-corrected chi connectivity index (χ0v) is 22.7. The fourth-order valence-electron chi connectivity index (χ4n) is 3.74. The fraction of sp³-hybridized carbons (Fsp3) is 0.407. The van der Waals surface area contributed by atoms with E-state index in [9.17, 15) is 34.5 Å². The molecule has 0 heterocycles. The maximum atomic E-state index is 13.2. The van der Waals surface area contributed by atoms with E-state index in [-0.39, 0.29) is 36.0 Å². The summed E-state index contributed by atoms with van der Waals surface area (Å²) in [7, 11) is 0. The number of phenolic OH excluding ortho intramolecular Hbond substituents is 2. The predicted octanol–water partition coefficient (Wildman–Crippen LogP) is 0.725. The lowest BCUT2D eigenvalue weighted by atomic mass is 9.98. The van der Waals surface area contributed by atoms with Crippen LogP contribution in [0.2, 0.25) is 0 Å². The van der Waals surface area contributed by atoms with Crippen LogP contribution in [0.1, 0.15) is 31.4 Å². The maximum Gasteiger partial charge on any atom is 0.326 e. The summed E-state index contributed by atoms with van der Waals surface area (Å²) in [6.45, 7) is 3.50. The first-order valence-electron chi connectivity index (χ1n) is 12.5. The molecule has 0 saturated carbocycles. The summed E-state index contributed by atoms with van der Waals surface area (Å²) < 4.78 is 0. The number of thiol groups is 1. The lowest BCUT2D eigenvalue weighted by Gasteiger charge is -2.26. The third-order valence-electron chi connectivity index (χ3n) is 6.33. The van der Waals surface area contributed by atoms with E-state index in [1.807, 2.05) is 0 Å². The van der Waals surface area contributed by atoms with Crippen LogP contribution in [-0.2, 0) is 32.0 Å². The molecule has 3 amide bonds. The number of carboxylic acids is 1. The Balaban J connectivity index is 2.15. The second-order valence-electron chi connectivity index (χ2n) is 9.36. The van der Waals surface area contributed by atoms with Crippen LogP contribution in [0.3, 0.4) is 0 Å². The van der Waals surface area contributed by atoms with Crippen LogP contribution in [0, 0.1) is 5.92 Å². The number of rotatable bonds is 14. The summed E-state index contributed by atoms with van der Waals surface area (Å²) in [5.74, 6) is -3.59. The summed E-state index contributed by atoms with van der Waals surface area (Å²) >= 11 is 4.16. The summed E-state index contributed by atoms with van der Waals surface area (Å²) in [4.78, 5) is 50.7. The summed E-state index contributed by atoms with van der Waals surface area (Å²) in [6.07, 6.45) is 0.661. The first-order valence-corrected chi connectivity index (χ1v) is 13.1. The van der Waals surface area contributed by atoms with E-state index >= 15 is 0 Å². The number of phenols is 2. The summed E-state index contributed by atoms with van der Waals surface area (Å²) in [6, 6.07) is 7.73. The van der Waals surface area contributed by atoms with E-state index in [1.54, 1.807) is 38.1 Å². The molecular weight excluding hydrogens is 524 g/mol. The van der Waals surface area contributed by atoms with Gasteiger partial charge < -0.3 is 37.0 Å². The number of aromatic hydroxyl groups is 2. The number of carbonyl (C=O) groups excluding carboxylic acids is 3. The number of carbonyl (C=O) groups is 4. The van der Waals surface area contributed by atoms with Crippen LogP contribution in [0.25, 0.3) is 0 Å². The van der Waals surface area contributed by atoms with Crippen molar-refractivity contribution in [2.45, 2.75) is 57.3 Å². The third-order valence-corrected chi connectivity index (χ3v) is 6.70. The van der Waals surface area contributed by atoms with Crippen molar-refractivity contribution in [2.24, 2.45) is 11.7 Å². The average molecular weight is 561 g/mol. The topological polar surface area (TPSA) is 191 Å². The quantitative estimate of drug-likeness (QED) is 0.155. The Labute approximate surface area is 232 Å². The second-order valence-corrected chi connectivity index (χ2v) is 9.73. The van der Waals surface area contributed by atoms with Crippen molar-refractivity contribution in [3.8, 4) is 11.5 Å².